The standard InChI is InChI=1S/C14H22N4O2/c1-9-6-17-11(10(2)13(9)19-3)7-18-4-5-20-12(8-18)14(15)16/h6,12H,4-5,7-8H2,1-3H3,(H3,15,16). The van der Waals surface area contributed by atoms with Gasteiger partial charge in [-0.15, -0.1) is 0 Å². The van der Waals surface area contributed by atoms with Crippen molar-refractivity contribution in [2.75, 3.05) is 26.8 Å². The Balaban J connectivity index is 2.12. The zero-order chi connectivity index (χ0) is 14.7. The predicted octanol–water partition coefficient (Wildman–Crippen LogP) is 0.844. The summed E-state index contributed by atoms with van der Waals surface area (Å²) in [4.78, 5) is 6.71. The molecule has 2 heterocycles. The van der Waals surface area contributed by atoms with Gasteiger partial charge in [0, 0.05) is 37.0 Å². The second-order valence-corrected chi connectivity index (χ2v) is 5.10. The van der Waals surface area contributed by atoms with Crippen LogP contribution in [0.5, 0.6) is 5.75 Å². The molecule has 1 unspecified atom stereocenters. The summed E-state index contributed by atoms with van der Waals surface area (Å²) in [6, 6.07) is 0. The first-order valence-electron chi connectivity index (χ1n) is 6.70. The van der Waals surface area contributed by atoms with Gasteiger partial charge >= 0.3 is 0 Å². The van der Waals surface area contributed by atoms with Crippen molar-refractivity contribution in [1.29, 1.82) is 5.41 Å². The topological polar surface area (TPSA) is 84.5 Å². The Hall–Kier alpha value is -1.66. The number of rotatable bonds is 4. The average Bonchev–Trinajstić information content (AvgIpc) is 2.43. The number of ether oxygens (including phenoxy) is 2. The molecule has 1 aromatic heterocycles. The number of nitrogens with two attached hydrogens (primary N) is 1. The summed E-state index contributed by atoms with van der Waals surface area (Å²) in [5, 5.41) is 7.48. The summed E-state index contributed by atoms with van der Waals surface area (Å²) >= 11 is 0. The molecule has 1 aliphatic rings. The number of nitrogens with zero attached hydrogens (tertiary/aromatic N) is 2. The molecule has 1 atom stereocenters. The molecule has 0 bridgehead atoms. The van der Waals surface area contributed by atoms with Gasteiger partial charge in [0.1, 0.15) is 17.7 Å². The number of hydrogen-bond acceptors (Lipinski definition) is 5. The van der Waals surface area contributed by atoms with Gasteiger partial charge in [-0.3, -0.25) is 15.3 Å². The van der Waals surface area contributed by atoms with Crippen molar-refractivity contribution in [2.45, 2.75) is 26.5 Å². The molecular weight excluding hydrogens is 256 g/mol. The number of hydrogen-bond donors (Lipinski definition) is 2. The number of morpholine rings is 1. The highest BCUT2D eigenvalue weighted by atomic mass is 16.5. The zero-order valence-electron chi connectivity index (χ0n) is 12.3. The molecule has 0 aromatic carbocycles. The molecule has 3 N–H and O–H groups in total. The van der Waals surface area contributed by atoms with E-state index in [2.05, 4.69) is 9.88 Å². The summed E-state index contributed by atoms with van der Waals surface area (Å²) in [5.74, 6) is 0.979. The molecule has 6 heteroatoms. The van der Waals surface area contributed by atoms with E-state index in [9.17, 15) is 0 Å². The van der Waals surface area contributed by atoms with E-state index >= 15 is 0 Å². The fraction of sp³-hybridized carbons (Fsp3) is 0.571. The van der Waals surface area contributed by atoms with Crippen LogP contribution in [0.25, 0.3) is 0 Å². The second kappa shape index (κ2) is 6.19. The molecule has 1 fully saturated rings. The van der Waals surface area contributed by atoms with Crippen LogP contribution in [0.1, 0.15) is 16.8 Å². The van der Waals surface area contributed by atoms with E-state index in [1.54, 1.807) is 7.11 Å². The van der Waals surface area contributed by atoms with E-state index in [0.717, 1.165) is 35.7 Å². The minimum Gasteiger partial charge on any atom is -0.496 e. The lowest BCUT2D eigenvalue weighted by atomic mass is 10.1. The lowest BCUT2D eigenvalue weighted by Gasteiger charge is -2.32. The van der Waals surface area contributed by atoms with Crippen molar-refractivity contribution in [3.05, 3.63) is 23.0 Å². The summed E-state index contributed by atoms with van der Waals surface area (Å²) in [7, 11) is 1.68. The maximum atomic E-state index is 7.48. The molecule has 0 spiro atoms. The van der Waals surface area contributed by atoms with Gasteiger partial charge in [-0.2, -0.15) is 0 Å². The molecular formula is C14H22N4O2. The molecule has 1 aliphatic heterocycles. The third kappa shape index (κ3) is 3.08. The van der Waals surface area contributed by atoms with Gasteiger partial charge in [-0.1, -0.05) is 0 Å². The number of methoxy groups -OCH3 is 1. The first kappa shape index (κ1) is 14.7. The van der Waals surface area contributed by atoms with Crippen molar-refractivity contribution >= 4 is 5.84 Å². The van der Waals surface area contributed by atoms with E-state index in [1.807, 2.05) is 20.0 Å². The lowest BCUT2D eigenvalue weighted by Crippen LogP contribution is -2.47. The second-order valence-electron chi connectivity index (χ2n) is 5.10. The first-order valence-corrected chi connectivity index (χ1v) is 6.70. The van der Waals surface area contributed by atoms with Crippen molar-refractivity contribution in [3.63, 3.8) is 0 Å². The number of amidine groups is 1. The smallest absolute Gasteiger partial charge is 0.128 e. The maximum absolute atomic E-state index is 7.48. The molecule has 0 saturated carbocycles. The largest absolute Gasteiger partial charge is 0.496 e. The number of pyridine rings is 1. The van der Waals surface area contributed by atoms with Crippen LogP contribution in [0.15, 0.2) is 6.20 Å². The highest BCUT2D eigenvalue weighted by Crippen LogP contribution is 2.25. The molecule has 2 rings (SSSR count). The quantitative estimate of drug-likeness (QED) is 0.630. The first-order chi connectivity index (χ1) is 9.52. The van der Waals surface area contributed by atoms with Gasteiger partial charge in [0.2, 0.25) is 0 Å². The fourth-order valence-corrected chi connectivity index (χ4v) is 2.48. The van der Waals surface area contributed by atoms with Crippen LogP contribution in [-0.2, 0) is 11.3 Å². The van der Waals surface area contributed by atoms with Crippen LogP contribution < -0.4 is 10.5 Å². The molecule has 110 valence electrons. The van der Waals surface area contributed by atoms with Crippen molar-refractivity contribution < 1.29 is 9.47 Å². The summed E-state index contributed by atoms with van der Waals surface area (Å²) < 4.78 is 10.9. The Morgan fingerprint density at radius 3 is 3.00 bits per heavy atom. The summed E-state index contributed by atoms with van der Waals surface area (Å²) in [5.41, 5.74) is 8.62. The van der Waals surface area contributed by atoms with E-state index < -0.39 is 0 Å². The van der Waals surface area contributed by atoms with Crippen LogP contribution in [0.4, 0.5) is 0 Å². The minimum absolute atomic E-state index is 0.0841. The van der Waals surface area contributed by atoms with Gasteiger partial charge < -0.3 is 15.2 Å². The van der Waals surface area contributed by atoms with E-state index in [-0.39, 0.29) is 11.9 Å². The lowest BCUT2D eigenvalue weighted by molar-refractivity contribution is 0.00182. The van der Waals surface area contributed by atoms with Crippen LogP contribution in [0.2, 0.25) is 0 Å². The Labute approximate surface area is 119 Å². The molecule has 0 aliphatic carbocycles. The Kier molecular flexibility index (Phi) is 4.57. The van der Waals surface area contributed by atoms with Crippen molar-refractivity contribution in [1.82, 2.24) is 9.88 Å². The average molecular weight is 278 g/mol. The normalized spacial score (nSPS) is 19.9. The van der Waals surface area contributed by atoms with E-state index in [0.29, 0.717) is 13.2 Å². The Morgan fingerprint density at radius 1 is 1.60 bits per heavy atom. The molecule has 20 heavy (non-hydrogen) atoms. The summed E-state index contributed by atoms with van der Waals surface area (Å²) in [6.07, 6.45) is 1.53. The monoisotopic (exact) mass is 278 g/mol. The van der Waals surface area contributed by atoms with E-state index in [4.69, 9.17) is 20.6 Å². The zero-order valence-corrected chi connectivity index (χ0v) is 12.3. The molecule has 1 saturated heterocycles. The van der Waals surface area contributed by atoms with Gasteiger partial charge in [-0.05, 0) is 13.8 Å². The Bertz CT molecular complexity index is 504. The number of nitrogens with one attached hydrogen (secondary N) is 1. The summed E-state index contributed by atoms with van der Waals surface area (Å²) in [6.45, 7) is 6.77. The fourth-order valence-electron chi connectivity index (χ4n) is 2.48. The van der Waals surface area contributed by atoms with Crippen molar-refractivity contribution in [2.24, 2.45) is 5.73 Å². The molecule has 1 aromatic rings. The van der Waals surface area contributed by atoms with Crippen molar-refractivity contribution in [3.8, 4) is 5.75 Å². The highest BCUT2D eigenvalue weighted by Gasteiger charge is 2.23. The third-order valence-electron chi connectivity index (χ3n) is 3.62. The van der Waals surface area contributed by atoms with Gasteiger partial charge in [0.05, 0.1) is 19.4 Å². The van der Waals surface area contributed by atoms with Crippen LogP contribution in [0.3, 0.4) is 0 Å². The maximum Gasteiger partial charge on any atom is 0.128 e. The Morgan fingerprint density at radius 2 is 2.35 bits per heavy atom. The van der Waals surface area contributed by atoms with Gasteiger partial charge in [0.15, 0.2) is 0 Å². The van der Waals surface area contributed by atoms with E-state index in [1.165, 1.54) is 0 Å². The number of aryl methyl sites for hydroxylation is 1. The molecule has 0 radical (unpaired) electrons. The van der Waals surface area contributed by atoms with Crippen LogP contribution >= 0.6 is 0 Å². The molecule has 6 nitrogen and oxygen atoms in total. The van der Waals surface area contributed by atoms with Crippen LogP contribution in [0, 0.1) is 19.3 Å². The predicted molar refractivity (Wildman–Crippen MR) is 77.2 cm³/mol. The minimum atomic E-state index is -0.309. The van der Waals surface area contributed by atoms with Gasteiger partial charge in [-0.25, -0.2) is 0 Å². The number of aromatic nitrogens is 1. The third-order valence-corrected chi connectivity index (χ3v) is 3.62. The SMILES string of the molecule is COc1c(C)cnc(CN2CCOC(C(=N)N)C2)c1C. The molecule has 0 amide bonds. The van der Waals surface area contributed by atoms with Gasteiger partial charge in [0.25, 0.3) is 0 Å². The van der Waals surface area contributed by atoms with Crippen LogP contribution in [-0.4, -0.2) is 48.6 Å². The highest BCUT2D eigenvalue weighted by molar-refractivity contribution is 5.82.